The predicted molar refractivity (Wildman–Crippen MR) is 98.6 cm³/mol. The fourth-order valence-corrected chi connectivity index (χ4v) is 3.39. The van der Waals surface area contributed by atoms with Gasteiger partial charge < -0.3 is 9.80 Å². The number of carbonyl (C=O) groups excluding carboxylic acids is 1. The molecule has 1 amide bonds. The third-order valence-electron chi connectivity index (χ3n) is 4.89. The summed E-state index contributed by atoms with van der Waals surface area (Å²) in [7, 11) is 0. The summed E-state index contributed by atoms with van der Waals surface area (Å²) in [6, 6.07) is 12.0. The van der Waals surface area contributed by atoms with Crippen molar-refractivity contribution in [3.05, 3.63) is 54.2 Å². The summed E-state index contributed by atoms with van der Waals surface area (Å²) in [4.78, 5) is 20.6. The number of rotatable bonds is 4. The Labute approximate surface area is 156 Å². The van der Waals surface area contributed by atoms with Crippen LogP contribution in [0, 0.1) is 5.92 Å². The number of hydrogen-bond acceptors (Lipinski definition) is 3. The summed E-state index contributed by atoms with van der Waals surface area (Å²) in [5.74, 6) is 0.531. The topological polar surface area (TPSA) is 36.4 Å². The highest BCUT2D eigenvalue weighted by Crippen LogP contribution is 2.30. The summed E-state index contributed by atoms with van der Waals surface area (Å²) in [6.45, 7) is 3.75. The van der Waals surface area contributed by atoms with Gasteiger partial charge in [-0.15, -0.1) is 0 Å². The molecule has 1 aromatic carbocycles. The maximum atomic E-state index is 12.9. The molecule has 0 unspecified atom stereocenters. The highest BCUT2D eigenvalue weighted by molar-refractivity contribution is 5.95. The summed E-state index contributed by atoms with van der Waals surface area (Å²) >= 11 is 0. The van der Waals surface area contributed by atoms with E-state index in [0.717, 1.165) is 18.0 Å². The molecule has 0 aliphatic carbocycles. The zero-order chi connectivity index (χ0) is 19.4. The Balaban J connectivity index is 1.62. The Morgan fingerprint density at radius 2 is 1.81 bits per heavy atom. The van der Waals surface area contributed by atoms with Gasteiger partial charge in [0.25, 0.3) is 0 Å². The first-order valence-electron chi connectivity index (χ1n) is 9.04. The van der Waals surface area contributed by atoms with Gasteiger partial charge in [-0.3, -0.25) is 4.79 Å². The van der Waals surface area contributed by atoms with Gasteiger partial charge in [-0.25, -0.2) is 4.98 Å². The van der Waals surface area contributed by atoms with Crippen molar-refractivity contribution in [1.29, 1.82) is 0 Å². The molecular weight excluding hydrogens is 355 g/mol. The van der Waals surface area contributed by atoms with Crippen LogP contribution >= 0.6 is 0 Å². The minimum Gasteiger partial charge on any atom is -0.357 e. The molecule has 0 radical (unpaired) electrons. The minimum atomic E-state index is -4.38. The molecule has 0 N–H and O–H groups in total. The Hall–Kier alpha value is -2.57. The molecule has 2 heterocycles. The molecule has 0 atom stereocenters. The molecule has 0 bridgehead atoms. The lowest BCUT2D eigenvalue weighted by Gasteiger charge is -2.34. The number of anilines is 2. The van der Waals surface area contributed by atoms with Crippen LogP contribution in [0.3, 0.4) is 0 Å². The van der Waals surface area contributed by atoms with Gasteiger partial charge in [-0.2, -0.15) is 13.2 Å². The predicted octanol–water partition coefficient (Wildman–Crippen LogP) is 4.37. The van der Waals surface area contributed by atoms with Crippen molar-refractivity contribution in [3.63, 3.8) is 0 Å². The molecular formula is C20H22F3N3O. The second kappa shape index (κ2) is 7.98. The lowest BCUT2D eigenvalue weighted by atomic mass is 9.95. The van der Waals surface area contributed by atoms with Crippen molar-refractivity contribution in [2.45, 2.75) is 25.9 Å². The van der Waals surface area contributed by atoms with E-state index in [9.17, 15) is 18.0 Å². The van der Waals surface area contributed by atoms with E-state index < -0.39 is 11.7 Å². The zero-order valence-corrected chi connectivity index (χ0v) is 15.1. The molecule has 7 heteroatoms. The SMILES string of the molecule is CCN(C(=O)C1CCN(c2ccc(C(F)(F)F)cn2)CC1)c1ccccc1. The molecule has 3 rings (SSSR count). The van der Waals surface area contributed by atoms with Crippen LogP contribution in [-0.2, 0) is 11.0 Å². The summed E-state index contributed by atoms with van der Waals surface area (Å²) in [5.41, 5.74) is 0.134. The smallest absolute Gasteiger partial charge is 0.357 e. The lowest BCUT2D eigenvalue weighted by molar-refractivity contribution is -0.137. The minimum absolute atomic E-state index is 0.0872. The van der Waals surface area contributed by atoms with E-state index in [0.29, 0.717) is 38.3 Å². The fourth-order valence-electron chi connectivity index (χ4n) is 3.39. The number of amides is 1. The Morgan fingerprint density at radius 1 is 1.15 bits per heavy atom. The number of benzene rings is 1. The number of hydrogen-bond donors (Lipinski definition) is 0. The van der Waals surface area contributed by atoms with Crippen molar-refractivity contribution in [2.24, 2.45) is 5.92 Å². The van der Waals surface area contributed by atoms with Crippen molar-refractivity contribution < 1.29 is 18.0 Å². The monoisotopic (exact) mass is 377 g/mol. The summed E-state index contributed by atoms with van der Waals surface area (Å²) in [6.07, 6.45) is -2.21. The molecule has 2 aromatic rings. The Bertz CT molecular complexity index is 754. The fraction of sp³-hybridized carbons (Fsp3) is 0.400. The second-order valence-electron chi connectivity index (χ2n) is 6.58. The van der Waals surface area contributed by atoms with Gasteiger partial charge in [-0.05, 0) is 44.0 Å². The largest absolute Gasteiger partial charge is 0.417 e. The number of nitrogens with zero attached hydrogens (tertiary/aromatic N) is 3. The normalized spacial score (nSPS) is 15.6. The number of aromatic nitrogens is 1. The van der Waals surface area contributed by atoms with Gasteiger partial charge in [0, 0.05) is 37.4 Å². The molecule has 27 heavy (non-hydrogen) atoms. The molecule has 144 valence electrons. The molecule has 1 aliphatic heterocycles. The highest BCUT2D eigenvalue weighted by Gasteiger charge is 2.32. The van der Waals surface area contributed by atoms with Crippen LogP contribution in [0.4, 0.5) is 24.7 Å². The van der Waals surface area contributed by atoms with Crippen molar-refractivity contribution in [3.8, 4) is 0 Å². The first kappa shape index (κ1) is 19.2. The average Bonchev–Trinajstić information content (AvgIpc) is 2.69. The van der Waals surface area contributed by atoms with Crippen molar-refractivity contribution in [2.75, 3.05) is 29.4 Å². The molecule has 1 aliphatic rings. The summed E-state index contributed by atoms with van der Waals surface area (Å²) in [5, 5.41) is 0. The van der Waals surface area contributed by atoms with Gasteiger partial charge in [0.2, 0.25) is 5.91 Å². The number of piperidine rings is 1. The highest BCUT2D eigenvalue weighted by atomic mass is 19.4. The maximum absolute atomic E-state index is 12.9. The van der Waals surface area contributed by atoms with Crippen LogP contribution in [0.25, 0.3) is 0 Å². The maximum Gasteiger partial charge on any atom is 0.417 e. The quantitative estimate of drug-likeness (QED) is 0.794. The number of pyridine rings is 1. The standard InChI is InChI=1S/C20H22F3N3O/c1-2-26(17-6-4-3-5-7-17)19(27)15-10-12-25(13-11-15)18-9-8-16(14-24-18)20(21,22)23/h3-9,14-15H,2,10-13H2,1H3. The van der Waals surface area contributed by atoms with Gasteiger partial charge in [0.15, 0.2) is 0 Å². The first-order valence-corrected chi connectivity index (χ1v) is 9.04. The Kier molecular flexibility index (Phi) is 5.68. The van der Waals surface area contributed by atoms with E-state index in [1.165, 1.54) is 6.07 Å². The van der Waals surface area contributed by atoms with E-state index in [2.05, 4.69) is 4.98 Å². The number of alkyl halides is 3. The van der Waals surface area contributed by atoms with E-state index >= 15 is 0 Å². The van der Waals surface area contributed by atoms with Crippen LogP contribution in [-0.4, -0.2) is 30.5 Å². The van der Waals surface area contributed by atoms with Crippen molar-refractivity contribution >= 4 is 17.4 Å². The van der Waals surface area contributed by atoms with Gasteiger partial charge in [-0.1, -0.05) is 18.2 Å². The van der Waals surface area contributed by atoms with Gasteiger partial charge >= 0.3 is 6.18 Å². The molecule has 0 spiro atoms. The molecule has 0 saturated carbocycles. The van der Waals surface area contributed by atoms with E-state index in [4.69, 9.17) is 0 Å². The summed E-state index contributed by atoms with van der Waals surface area (Å²) < 4.78 is 38.0. The number of carbonyl (C=O) groups is 1. The van der Waals surface area contributed by atoms with Crippen LogP contribution in [0.15, 0.2) is 48.7 Å². The molecule has 1 saturated heterocycles. The molecule has 1 aromatic heterocycles. The molecule has 1 fully saturated rings. The number of halogens is 3. The third-order valence-corrected chi connectivity index (χ3v) is 4.89. The van der Waals surface area contributed by atoms with Crippen molar-refractivity contribution in [1.82, 2.24) is 4.98 Å². The zero-order valence-electron chi connectivity index (χ0n) is 15.1. The van der Waals surface area contributed by atoms with Crippen LogP contribution in [0.5, 0.6) is 0 Å². The average molecular weight is 377 g/mol. The van der Waals surface area contributed by atoms with Crippen LogP contribution < -0.4 is 9.80 Å². The van der Waals surface area contributed by atoms with E-state index in [-0.39, 0.29) is 11.8 Å². The first-order chi connectivity index (χ1) is 12.9. The molecule has 4 nitrogen and oxygen atoms in total. The number of para-hydroxylation sites is 1. The van der Waals surface area contributed by atoms with E-state index in [1.807, 2.05) is 42.2 Å². The van der Waals surface area contributed by atoms with E-state index in [1.54, 1.807) is 4.90 Å². The van der Waals surface area contributed by atoms with Crippen LogP contribution in [0.2, 0.25) is 0 Å². The van der Waals surface area contributed by atoms with Gasteiger partial charge in [0.1, 0.15) is 5.82 Å². The van der Waals surface area contributed by atoms with Gasteiger partial charge in [0.05, 0.1) is 5.56 Å². The Morgan fingerprint density at radius 3 is 2.33 bits per heavy atom. The lowest BCUT2D eigenvalue weighted by Crippen LogP contribution is -2.43. The second-order valence-corrected chi connectivity index (χ2v) is 6.58. The third kappa shape index (κ3) is 4.40. The van der Waals surface area contributed by atoms with Crippen LogP contribution in [0.1, 0.15) is 25.3 Å².